The van der Waals surface area contributed by atoms with Gasteiger partial charge in [0.25, 0.3) is 11.8 Å². The number of nitrogens with one attached hydrogen (secondary N) is 1. The fraction of sp³-hybridized carbons (Fsp3) is 0.357. The molecule has 0 aliphatic heterocycles. The van der Waals surface area contributed by atoms with Crippen molar-refractivity contribution in [1.82, 2.24) is 9.69 Å². The van der Waals surface area contributed by atoms with Gasteiger partial charge in [-0.05, 0) is 72.8 Å². The first-order chi connectivity index (χ1) is 19.1. The molecule has 0 unspecified atom stereocenters. The molecular formula is C28H35N5O6S. The Morgan fingerprint density at radius 2 is 1.73 bits per heavy atom. The summed E-state index contributed by atoms with van der Waals surface area (Å²) in [6.45, 7) is 6.83. The van der Waals surface area contributed by atoms with Gasteiger partial charge in [0.05, 0.1) is 26.5 Å². The summed E-state index contributed by atoms with van der Waals surface area (Å²) in [6, 6.07) is 10.6. The summed E-state index contributed by atoms with van der Waals surface area (Å²) in [5.41, 5.74) is 12.0. The molecule has 0 bridgehead atoms. The zero-order chi connectivity index (χ0) is 29.4. The molecule has 1 atom stereocenters. The Kier molecular flexibility index (Phi) is 10.3. The van der Waals surface area contributed by atoms with Gasteiger partial charge in [-0.25, -0.2) is 0 Å². The van der Waals surface area contributed by atoms with Crippen LogP contribution in [0.25, 0.3) is 0 Å². The predicted octanol–water partition coefficient (Wildman–Crippen LogP) is 3.79. The van der Waals surface area contributed by atoms with Crippen molar-refractivity contribution >= 4 is 40.6 Å². The van der Waals surface area contributed by atoms with Crippen molar-refractivity contribution in [2.24, 2.45) is 11.7 Å². The number of carbonyl (C=O) groups excluding carboxylic acids is 3. The third-order valence-electron chi connectivity index (χ3n) is 6.05. The Morgan fingerprint density at radius 3 is 2.27 bits per heavy atom. The van der Waals surface area contributed by atoms with Crippen LogP contribution < -0.4 is 35.9 Å². The lowest BCUT2D eigenvalue weighted by Crippen LogP contribution is -2.44. The van der Waals surface area contributed by atoms with E-state index in [1.807, 2.05) is 6.92 Å². The highest BCUT2D eigenvalue weighted by Gasteiger charge is 2.36. The molecule has 0 aliphatic carbocycles. The van der Waals surface area contributed by atoms with E-state index in [-0.39, 0.29) is 16.3 Å². The van der Waals surface area contributed by atoms with Crippen LogP contribution in [0.4, 0.5) is 11.4 Å². The van der Waals surface area contributed by atoms with Gasteiger partial charge in [-0.15, -0.1) is 0 Å². The molecule has 0 spiro atoms. The van der Waals surface area contributed by atoms with Gasteiger partial charge in [0.15, 0.2) is 17.2 Å². The summed E-state index contributed by atoms with van der Waals surface area (Å²) < 4.78 is 20.4. The van der Waals surface area contributed by atoms with Crippen LogP contribution in [-0.2, 0) is 4.79 Å². The van der Waals surface area contributed by atoms with Crippen LogP contribution in [0.1, 0.15) is 59.0 Å². The highest BCUT2D eigenvalue weighted by Crippen LogP contribution is 2.37. The number of nitrogens with zero attached hydrogens (tertiary/aromatic N) is 2. The number of hydrogen-bond acceptors (Lipinski definition) is 9. The first-order valence-corrected chi connectivity index (χ1v) is 13.5. The quantitative estimate of drug-likeness (QED) is 0.280. The molecule has 214 valence electrons. The number of methoxy groups -OCH3 is 2. The van der Waals surface area contributed by atoms with Gasteiger partial charge in [-0.3, -0.25) is 19.3 Å². The summed E-state index contributed by atoms with van der Waals surface area (Å²) in [5, 5.41) is 2.96. The summed E-state index contributed by atoms with van der Waals surface area (Å²) in [7, 11) is 2.99. The van der Waals surface area contributed by atoms with Crippen LogP contribution in [0.3, 0.4) is 0 Å². The number of carbonyl (C=O) groups is 3. The second-order valence-electron chi connectivity index (χ2n) is 9.23. The standard InChI is InChI=1S/C28H35N5O6S/c1-6-39-19-10-8-18(9-11-19)33(28(36)25-22(29)23(26(30)34)32-40-25)24(27(35)31-14-13-16(2)3)17-7-12-20(37-4)21(15-17)38-5/h7-12,15-16,24H,6,13-14,29H2,1-5H3,(H2,30,34)(H,31,35)/t24-/m0/s1. The van der Waals surface area contributed by atoms with Crippen molar-refractivity contribution in [3.05, 3.63) is 58.6 Å². The topological polar surface area (TPSA) is 159 Å². The van der Waals surface area contributed by atoms with E-state index in [1.54, 1.807) is 42.5 Å². The predicted molar refractivity (Wildman–Crippen MR) is 154 cm³/mol. The lowest BCUT2D eigenvalue weighted by atomic mass is 10.0. The number of amides is 3. The zero-order valence-electron chi connectivity index (χ0n) is 23.2. The van der Waals surface area contributed by atoms with Gasteiger partial charge in [-0.1, -0.05) is 19.9 Å². The van der Waals surface area contributed by atoms with Crippen molar-refractivity contribution in [3.63, 3.8) is 0 Å². The SMILES string of the molecule is CCOc1ccc(N(C(=O)c2snc(C(N)=O)c2N)[C@H](C(=O)NCCC(C)C)c2ccc(OC)c(OC)c2)cc1. The minimum Gasteiger partial charge on any atom is -0.494 e. The average Bonchev–Trinajstić information content (AvgIpc) is 3.33. The summed E-state index contributed by atoms with van der Waals surface area (Å²) >= 11 is 0.739. The number of primary amides is 1. The Balaban J connectivity index is 2.22. The number of ether oxygens (including phenoxy) is 3. The van der Waals surface area contributed by atoms with Crippen LogP contribution in [0.2, 0.25) is 0 Å². The van der Waals surface area contributed by atoms with Crippen LogP contribution in [-0.4, -0.2) is 49.5 Å². The summed E-state index contributed by atoms with van der Waals surface area (Å²) in [6.07, 6.45) is 0.741. The van der Waals surface area contributed by atoms with E-state index in [1.165, 1.54) is 19.1 Å². The lowest BCUT2D eigenvalue weighted by molar-refractivity contribution is -0.122. The normalized spacial score (nSPS) is 11.6. The number of rotatable bonds is 13. The molecule has 3 rings (SSSR count). The second-order valence-corrected chi connectivity index (χ2v) is 10.0. The molecule has 2 aromatic carbocycles. The van der Waals surface area contributed by atoms with Gasteiger partial charge < -0.3 is 31.0 Å². The maximum absolute atomic E-state index is 14.2. The van der Waals surface area contributed by atoms with Gasteiger partial charge in [-0.2, -0.15) is 4.37 Å². The lowest BCUT2D eigenvalue weighted by Gasteiger charge is -2.31. The molecule has 3 amide bonds. The van der Waals surface area contributed by atoms with Gasteiger partial charge >= 0.3 is 0 Å². The molecule has 5 N–H and O–H groups in total. The molecule has 1 heterocycles. The third-order valence-corrected chi connectivity index (χ3v) is 6.90. The fourth-order valence-electron chi connectivity index (χ4n) is 4.01. The third kappa shape index (κ3) is 6.81. The molecule has 0 radical (unpaired) electrons. The molecule has 12 heteroatoms. The molecule has 1 aromatic heterocycles. The van der Waals surface area contributed by atoms with Crippen molar-refractivity contribution in [2.45, 2.75) is 33.2 Å². The van der Waals surface area contributed by atoms with Crippen molar-refractivity contribution < 1.29 is 28.6 Å². The Hall–Kier alpha value is -4.32. The first kappa shape index (κ1) is 30.2. The monoisotopic (exact) mass is 569 g/mol. The number of nitrogens with two attached hydrogens (primary N) is 2. The molecule has 0 fully saturated rings. The largest absolute Gasteiger partial charge is 0.494 e. The van der Waals surface area contributed by atoms with E-state index in [4.69, 9.17) is 25.7 Å². The minimum absolute atomic E-state index is 0.0249. The molecule has 40 heavy (non-hydrogen) atoms. The molecule has 0 saturated heterocycles. The highest BCUT2D eigenvalue weighted by atomic mass is 32.1. The van der Waals surface area contributed by atoms with Crippen molar-refractivity contribution in [2.75, 3.05) is 38.0 Å². The number of nitrogen functional groups attached to an aromatic ring is 1. The van der Waals surface area contributed by atoms with E-state index in [2.05, 4.69) is 23.5 Å². The number of anilines is 2. The summed E-state index contributed by atoms with van der Waals surface area (Å²) in [5.74, 6) is -0.125. The molecule has 11 nitrogen and oxygen atoms in total. The van der Waals surface area contributed by atoms with E-state index in [9.17, 15) is 14.4 Å². The number of aromatic nitrogens is 1. The maximum atomic E-state index is 14.2. The molecule has 0 aliphatic rings. The Morgan fingerprint density at radius 1 is 1.05 bits per heavy atom. The average molecular weight is 570 g/mol. The van der Waals surface area contributed by atoms with Crippen LogP contribution >= 0.6 is 11.5 Å². The molecular weight excluding hydrogens is 534 g/mol. The van der Waals surface area contributed by atoms with E-state index in [0.717, 1.165) is 18.0 Å². The van der Waals surface area contributed by atoms with E-state index in [0.29, 0.717) is 47.6 Å². The molecule has 3 aromatic rings. The van der Waals surface area contributed by atoms with Crippen LogP contribution in [0.15, 0.2) is 42.5 Å². The van der Waals surface area contributed by atoms with Gasteiger partial charge in [0, 0.05) is 12.2 Å². The van der Waals surface area contributed by atoms with Crippen LogP contribution in [0, 0.1) is 5.92 Å². The van der Waals surface area contributed by atoms with Gasteiger partial charge in [0.1, 0.15) is 16.7 Å². The number of benzene rings is 2. The Labute approximate surface area is 237 Å². The number of hydrogen-bond donors (Lipinski definition) is 3. The zero-order valence-corrected chi connectivity index (χ0v) is 24.0. The van der Waals surface area contributed by atoms with Crippen molar-refractivity contribution in [1.29, 1.82) is 0 Å². The highest BCUT2D eigenvalue weighted by molar-refractivity contribution is 7.09. The summed E-state index contributed by atoms with van der Waals surface area (Å²) in [4.78, 5) is 41.2. The minimum atomic E-state index is -1.16. The second kappa shape index (κ2) is 13.7. The molecule has 0 saturated carbocycles. The Bertz CT molecular complexity index is 1340. The van der Waals surface area contributed by atoms with Crippen molar-refractivity contribution in [3.8, 4) is 17.2 Å². The van der Waals surface area contributed by atoms with E-state index < -0.39 is 23.8 Å². The maximum Gasteiger partial charge on any atom is 0.273 e. The van der Waals surface area contributed by atoms with Crippen LogP contribution in [0.5, 0.6) is 17.2 Å². The first-order valence-electron chi connectivity index (χ1n) is 12.7. The fourth-order valence-corrected chi connectivity index (χ4v) is 4.76. The van der Waals surface area contributed by atoms with Gasteiger partial charge in [0.2, 0.25) is 5.91 Å². The van der Waals surface area contributed by atoms with E-state index >= 15 is 0 Å². The smallest absolute Gasteiger partial charge is 0.273 e.